The minimum Gasteiger partial charge on any atom is -0.545 e. The Bertz CT molecular complexity index is 1010. The Morgan fingerprint density at radius 3 is 1.22 bits per heavy atom. The van der Waals surface area contributed by atoms with Crippen LogP contribution in [0.1, 0.15) is 92.8 Å². The Hall–Kier alpha value is -3.42. The Balaban J connectivity index is 1.88. The SMILES string of the molecule is O=C([O-])c1ccc(C(=O)NC2CCCC2)c2c(C(=O)[O-])ccc(C(=O)NC3CCCC3)c12. The molecule has 0 bridgehead atoms. The second-order valence-corrected chi connectivity index (χ2v) is 8.56. The van der Waals surface area contributed by atoms with Gasteiger partial charge in [0.1, 0.15) is 0 Å². The fraction of sp³-hybridized carbons (Fsp3) is 0.417. The maximum absolute atomic E-state index is 13.0. The third-order valence-electron chi connectivity index (χ3n) is 6.47. The second kappa shape index (κ2) is 8.98. The zero-order chi connectivity index (χ0) is 22.8. The van der Waals surface area contributed by atoms with Crippen LogP contribution < -0.4 is 20.8 Å². The van der Waals surface area contributed by atoms with Gasteiger partial charge in [-0.25, -0.2) is 0 Å². The summed E-state index contributed by atoms with van der Waals surface area (Å²) < 4.78 is 0. The highest BCUT2D eigenvalue weighted by Crippen LogP contribution is 2.31. The summed E-state index contributed by atoms with van der Waals surface area (Å²) in [5.74, 6) is -4.16. The first-order valence-corrected chi connectivity index (χ1v) is 11.0. The van der Waals surface area contributed by atoms with Crippen LogP contribution in [0.4, 0.5) is 0 Å². The molecule has 168 valence electrons. The monoisotopic (exact) mass is 436 g/mol. The maximum atomic E-state index is 13.0. The van der Waals surface area contributed by atoms with Gasteiger partial charge in [-0.3, -0.25) is 9.59 Å². The van der Waals surface area contributed by atoms with Crippen molar-refractivity contribution in [2.75, 3.05) is 0 Å². The lowest BCUT2D eigenvalue weighted by atomic mass is 9.90. The first kappa shape index (κ1) is 21.8. The van der Waals surface area contributed by atoms with Crippen molar-refractivity contribution in [2.24, 2.45) is 0 Å². The third kappa shape index (κ3) is 4.17. The van der Waals surface area contributed by atoms with Crippen molar-refractivity contribution >= 4 is 34.5 Å². The summed E-state index contributed by atoms with van der Waals surface area (Å²) in [6.45, 7) is 0. The molecule has 2 N–H and O–H groups in total. The van der Waals surface area contributed by atoms with Crippen LogP contribution in [-0.2, 0) is 0 Å². The molecule has 2 amide bonds. The lowest BCUT2D eigenvalue weighted by molar-refractivity contribution is -0.256. The van der Waals surface area contributed by atoms with E-state index < -0.39 is 23.8 Å². The molecule has 2 aromatic carbocycles. The average Bonchev–Trinajstić information content (AvgIpc) is 3.46. The van der Waals surface area contributed by atoms with Crippen LogP contribution in [0, 0.1) is 0 Å². The van der Waals surface area contributed by atoms with Gasteiger partial charge in [-0.1, -0.05) is 37.8 Å². The normalized spacial score (nSPS) is 16.9. The van der Waals surface area contributed by atoms with Crippen LogP contribution in [0.15, 0.2) is 24.3 Å². The predicted octanol–water partition coefficient (Wildman–Crippen LogP) is 0.912. The van der Waals surface area contributed by atoms with E-state index in [9.17, 15) is 29.4 Å². The zero-order valence-electron chi connectivity index (χ0n) is 17.6. The molecule has 0 atom stereocenters. The van der Waals surface area contributed by atoms with E-state index in [-0.39, 0.29) is 45.1 Å². The summed E-state index contributed by atoms with van der Waals surface area (Å²) in [7, 11) is 0. The van der Waals surface area contributed by atoms with Gasteiger partial charge < -0.3 is 30.4 Å². The summed E-state index contributed by atoms with van der Waals surface area (Å²) in [6, 6.07) is 4.85. The highest BCUT2D eigenvalue weighted by Gasteiger charge is 2.25. The van der Waals surface area contributed by atoms with E-state index in [0.29, 0.717) is 0 Å². The first-order valence-electron chi connectivity index (χ1n) is 11.0. The lowest BCUT2D eigenvalue weighted by Crippen LogP contribution is -2.35. The number of carbonyl (C=O) groups excluding carboxylic acids is 4. The molecule has 2 aliphatic rings. The number of amides is 2. The molecular weight excluding hydrogens is 412 g/mol. The fourth-order valence-corrected chi connectivity index (χ4v) is 4.88. The van der Waals surface area contributed by atoms with E-state index in [1.54, 1.807) is 0 Å². The molecule has 0 aromatic heterocycles. The van der Waals surface area contributed by atoms with Gasteiger partial charge in [0.15, 0.2) is 0 Å². The molecule has 0 saturated heterocycles. The molecular formula is C24H24N2O6-2. The molecule has 2 aromatic rings. The first-order chi connectivity index (χ1) is 15.4. The summed E-state index contributed by atoms with van der Waals surface area (Å²) >= 11 is 0. The number of carbonyl (C=O) groups is 4. The van der Waals surface area contributed by atoms with E-state index in [4.69, 9.17) is 0 Å². The molecule has 2 saturated carbocycles. The molecule has 32 heavy (non-hydrogen) atoms. The minimum absolute atomic E-state index is 0.00776. The summed E-state index contributed by atoms with van der Waals surface area (Å²) in [6.07, 6.45) is 7.26. The van der Waals surface area contributed by atoms with Crippen molar-refractivity contribution in [3.63, 3.8) is 0 Å². The minimum atomic E-state index is -1.57. The van der Waals surface area contributed by atoms with Crippen molar-refractivity contribution in [1.29, 1.82) is 0 Å². The van der Waals surface area contributed by atoms with Crippen LogP contribution in [-0.4, -0.2) is 35.8 Å². The highest BCUT2D eigenvalue weighted by molar-refractivity contribution is 6.23. The number of benzene rings is 2. The number of hydrogen-bond donors (Lipinski definition) is 2. The Labute approximate surface area is 185 Å². The molecule has 8 nitrogen and oxygen atoms in total. The van der Waals surface area contributed by atoms with E-state index in [2.05, 4.69) is 10.6 Å². The standard InChI is InChI=1S/C24H26N2O6/c27-21(25-13-5-1-2-6-13)15-9-11-18(24(31)32)20-16(10-12-17(19(15)20)23(29)30)22(28)26-14-7-3-4-8-14/h9-14H,1-8H2,(H,25,27)(H,26,28)(H,29,30)(H,31,32)/p-2. The number of carboxylic acid groups (broad SMARTS) is 2. The van der Waals surface area contributed by atoms with E-state index >= 15 is 0 Å². The summed E-state index contributed by atoms with van der Waals surface area (Å²) in [4.78, 5) is 49.8. The van der Waals surface area contributed by atoms with E-state index in [1.807, 2.05) is 0 Å². The molecule has 0 spiro atoms. The smallest absolute Gasteiger partial charge is 0.252 e. The van der Waals surface area contributed by atoms with Gasteiger partial charge in [0, 0.05) is 45.1 Å². The number of aromatic carboxylic acids is 2. The fourth-order valence-electron chi connectivity index (χ4n) is 4.88. The topological polar surface area (TPSA) is 138 Å². The molecule has 0 unspecified atom stereocenters. The van der Waals surface area contributed by atoms with Gasteiger partial charge in [-0.15, -0.1) is 0 Å². The largest absolute Gasteiger partial charge is 0.545 e. The quantitative estimate of drug-likeness (QED) is 0.690. The Morgan fingerprint density at radius 2 is 0.906 bits per heavy atom. The van der Waals surface area contributed by atoms with Crippen LogP contribution in [0.2, 0.25) is 0 Å². The summed E-state index contributed by atoms with van der Waals surface area (Å²) in [5, 5.41) is 29.3. The number of fused-ring (bicyclic) bond motifs is 1. The Morgan fingerprint density at radius 1 is 0.594 bits per heavy atom. The van der Waals surface area contributed by atoms with Crippen molar-refractivity contribution in [1.82, 2.24) is 10.6 Å². The molecule has 2 aliphatic carbocycles. The maximum Gasteiger partial charge on any atom is 0.252 e. The summed E-state index contributed by atoms with van der Waals surface area (Å²) in [5.41, 5.74) is -0.715. The number of carboxylic acids is 2. The van der Waals surface area contributed by atoms with Gasteiger partial charge in [0.05, 0.1) is 11.9 Å². The average molecular weight is 436 g/mol. The molecule has 0 radical (unpaired) electrons. The van der Waals surface area contributed by atoms with Crippen LogP contribution in [0.25, 0.3) is 10.8 Å². The van der Waals surface area contributed by atoms with Crippen molar-refractivity contribution in [3.8, 4) is 0 Å². The van der Waals surface area contributed by atoms with Gasteiger partial charge in [-0.05, 0) is 37.8 Å². The predicted molar refractivity (Wildman–Crippen MR) is 112 cm³/mol. The molecule has 0 aliphatic heterocycles. The molecule has 4 rings (SSSR count). The Kier molecular flexibility index (Phi) is 6.12. The second-order valence-electron chi connectivity index (χ2n) is 8.56. The molecule has 0 heterocycles. The van der Waals surface area contributed by atoms with Gasteiger partial charge in [-0.2, -0.15) is 0 Å². The lowest BCUT2D eigenvalue weighted by Gasteiger charge is -2.21. The van der Waals surface area contributed by atoms with Gasteiger partial charge >= 0.3 is 0 Å². The molecule has 8 heteroatoms. The van der Waals surface area contributed by atoms with Gasteiger partial charge in [0.25, 0.3) is 11.8 Å². The number of hydrogen-bond acceptors (Lipinski definition) is 6. The van der Waals surface area contributed by atoms with E-state index in [1.165, 1.54) is 24.3 Å². The van der Waals surface area contributed by atoms with E-state index in [0.717, 1.165) is 51.4 Å². The van der Waals surface area contributed by atoms with Crippen LogP contribution in [0.3, 0.4) is 0 Å². The zero-order valence-corrected chi connectivity index (χ0v) is 17.6. The van der Waals surface area contributed by atoms with Crippen molar-refractivity contribution < 1.29 is 29.4 Å². The van der Waals surface area contributed by atoms with Crippen LogP contribution >= 0.6 is 0 Å². The van der Waals surface area contributed by atoms with Crippen molar-refractivity contribution in [3.05, 3.63) is 46.5 Å². The van der Waals surface area contributed by atoms with Gasteiger partial charge in [0.2, 0.25) is 0 Å². The third-order valence-corrected chi connectivity index (χ3v) is 6.47. The van der Waals surface area contributed by atoms with Crippen LogP contribution in [0.5, 0.6) is 0 Å². The number of nitrogens with one attached hydrogen (secondary N) is 2. The molecule has 2 fully saturated rings. The van der Waals surface area contributed by atoms with Crippen molar-refractivity contribution in [2.45, 2.75) is 63.5 Å². The number of rotatable bonds is 6. The highest BCUT2D eigenvalue weighted by atomic mass is 16.4.